The number of rotatable bonds is 9. The van der Waals surface area contributed by atoms with Crippen molar-refractivity contribution in [3.63, 3.8) is 0 Å². The molecule has 9 heteroatoms. The van der Waals surface area contributed by atoms with Crippen LogP contribution in [0, 0.1) is 13.8 Å². The summed E-state index contributed by atoms with van der Waals surface area (Å²) in [5, 5.41) is 2.43. The topological polar surface area (TPSA) is 86.6 Å². The molecule has 0 saturated carbocycles. The molecule has 0 atom stereocenters. The Morgan fingerprint density at radius 2 is 1.69 bits per heavy atom. The highest BCUT2D eigenvalue weighted by Gasteiger charge is 2.20. The summed E-state index contributed by atoms with van der Waals surface area (Å²) in [5.41, 5.74) is 2.89. The van der Waals surface area contributed by atoms with Gasteiger partial charge in [-0.15, -0.1) is 0 Å². The van der Waals surface area contributed by atoms with Crippen molar-refractivity contribution in [3.8, 4) is 11.4 Å². The normalized spacial score (nSPS) is 11.3. The van der Waals surface area contributed by atoms with E-state index in [-0.39, 0.29) is 11.4 Å². The van der Waals surface area contributed by atoms with Crippen molar-refractivity contribution in [2.45, 2.75) is 27.4 Å². The van der Waals surface area contributed by atoms with Gasteiger partial charge in [0.15, 0.2) is 6.61 Å². The number of alkyl halides is 2. The maximum absolute atomic E-state index is 12.8. The molecule has 0 saturated heterocycles. The van der Waals surface area contributed by atoms with Gasteiger partial charge in [0.1, 0.15) is 11.4 Å². The number of aromatic nitrogens is 1. The molecule has 2 aromatic carbocycles. The highest BCUT2D eigenvalue weighted by atomic mass is 19.3. The van der Waals surface area contributed by atoms with Crippen LogP contribution >= 0.6 is 0 Å². The van der Waals surface area contributed by atoms with Crippen molar-refractivity contribution in [2.75, 3.05) is 6.61 Å². The summed E-state index contributed by atoms with van der Waals surface area (Å²) in [6, 6.07) is 16.5. The first-order chi connectivity index (χ1) is 16.7. The first-order valence-corrected chi connectivity index (χ1v) is 10.6. The van der Waals surface area contributed by atoms with Crippen LogP contribution in [0.4, 0.5) is 8.78 Å². The Labute approximate surface area is 201 Å². The fraction of sp³-hybridized carbons (Fsp3) is 0.192. The lowest BCUT2D eigenvalue weighted by Gasteiger charge is -2.12. The second-order valence-electron chi connectivity index (χ2n) is 7.64. The summed E-state index contributed by atoms with van der Waals surface area (Å²) in [6.45, 7) is 1.32. The van der Waals surface area contributed by atoms with Crippen molar-refractivity contribution in [1.29, 1.82) is 0 Å². The van der Waals surface area contributed by atoms with Crippen LogP contribution in [0.3, 0.4) is 0 Å². The molecule has 1 heterocycles. The predicted molar refractivity (Wildman–Crippen MR) is 125 cm³/mol. The Bertz CT molecular complexity index is 1250. The standard InChI is InChI=1S/C26H24F2N2O5/c1-16-13-22(17(2)30(16)20-9-11-21(12-10-20)35-26(27)28)24(32)15-34-25(33)23(29-18(3)31)14-19-7-5-4-6-8-19/h4-14,26H,15H2,1-3H3,(H,29,31). The number of hydrogen-bond acceptors (Lipinski definition) is 5. The van der Waals surface area contributed by atoms with Crippen LogP contribution in [0.25, 0.3) is 11.8 Å². The zero-order valence-electron chi connectivity index (χ0n) is 19.4. The number of ether oxygens (including phenoxy) is 2. The van der Waals surface area contributed by atoms with Gasteiger partial charge in [-0.1, -0.05) is 30.3 Å². The molecular formula is C26H24F2N2O5. The van der Waals surface area contributed by atoms with E-state index in [4.69, 9.17) is 4.74 Å². The van der Waals surface area contributed by atoms with Gasteiger partial charge in [0.25, 0.3) is 0 Å². The summed E-state index contributed by atoms with van der Waals surface area (Å²) in [5.74, 6) is -1.71. The maximum Gasteiger partial charge on any atom is 0.387 e. The lowest BCUT2D eigenvalue weighted by molar-refractivity contribution is -0.139. The summed E-state index contributed by atoms with van der Waals surface area (Å²) >= 11 is 0. The third-order valence-electron chi connectivity index (χ3n) is 5.03. The third-order valence-corrected chi connectivity index (χ3v) is 5.03. The predicted octanol–water partition coefficient (Wildman–Crippen LogP) is 4.60. The number of ketones is 1. The number of hydrogen-bond donors (Lipinski definition) is 1. The van der Waals surface area contributed by atoms with Gasteiger partial charge in [-0.3, -0.25) is 9.59 Å². The number of esters is 1. The summed E-state index contributed by atoms with van der Waals surface area (Å²) in [7, 11) is 0. The van der Waals surface area contributed by atoms with Crippen LogP contribution in [-0.4, -0.2) is 35.4 Å². The van der Waals surface area contributed by atoms with Crippen molar-refractivity contribution in [1.82, 2.24) is 9.88 Å². The number of carbonyl (C=O) groups is 3. The van der Waals surface area contributed by atoms with Crippen molar-refractivity contribution in [3.05, 3.63) is 88.9 Å². The van der Waals surface area contributed by atoms with Crippen LogP contribution in [0.15, 0.2) is 66.4 Å². The quantitative estimate of drug-likeness (QED) is 0.274. The first-order valence-electron chi connectivity index (χ1n) is 10.6. The van der Waals surface area contributed by atoms with Gasteiger partial charge < -0.3 is 19.4 Å². The molecule has 35 heavy (non-hydrogen) atoms. The molecule has 0 aliphatic heterocycles. The number of Topliss-reactive ketones (excluding diaryl/α,β-unsaturated/α-hetero) is 1. The lowest BCUT2D eigenvalue weighted by atomic mass is 10.1. The van der Waals surface area contributed by atoms with E-state index in [1.54, 1.807) is 60.9 Å². The summed E-state index contributed by atoms with van der Waals surface area (Å²) in [4.78, 5) is 36.9. The lowest BCUT2D eigenvalue weighted by Crippen LogP contribution is -2.27. The minimum Gasteiger partial charge on any atom is -0.453 e. The van der Waals surface area contributed by atoms with E-state index in [9.17, 15) is 23.2 Å². The molecule has 3 aromatic rings. The molecule has 3 rings (SSSR count). The number of aryl methyl sites for hydroxylation is 1. The van der Waals surface area contributed by atoms with E-state index < -0.39 is 30.9 Å². The monoisotopic (exact) mass is 482 g/mol. The average Bonchev–Trinajstić information content (AvgIpc) is 3.11. The van der Waals surface area contributed by atoms with Crippen molar-refractivity contribution in [2.24, 2.45) is 0 Å². The fourth-order valence-electron chi connectivity index (χ4n) is 3.56. The molecule has 0 fully saturated rings. The van der Waals surface area contributed by atoms with Crippen LogP contribution in [0.2, 0.25) is 0 Å². The van der Waals surface area contributed by atoms with Crippen molar-refractivity contribution >= 4 is 23.7 Å². The van der Waals surface area contributed by atoms with Crippen LogP contribution in [0.5, 0.6) is 5.75 Å². The smallest absolute Gasteiger partial charge is 0.387 e. The minimum absolute atomic E-state index is 0.0213. The second-order valence-corrected chi connectivity index (χ2v) is 7.64. The molecule has 0 radical (unpaired) electrons. The SMILES string of the molecule is CC(=O)NC(=Cc1ccccc1)C(=O)OCC(=O)c1cc(C)n(-c2ccc(OC(F)F)cc2)c1C. The van der Waals surface area contributed by atoms with E-state index >= 15 is 0 Å². The van der Waals surface area contributed by atoms with Crippen LogP contribution < -0.4 is 10.1 Å². The Balaban J connectivity index is 1.75. The Kier molecular flexibility index (Phi) is 8.14. The molecule has 0 aliphatic carbocycles. The Hall–Kier alpha value is -4.27. The maximum atomic E-state index is 12.8. The highest BCUT2D eigenvalue weighted by molar-refractivity contribution is 6.02. The molecule has 1 aromatic heterocycles. The second kappa shape index (κ2) is 11.2. The zero-order chi connectivity index (χ0) is 25.5. The highest BCUT2D eigenvalue weighted by Crippen LogP contribution is 2.24. The van der Waals surface area contributed by atoms with Crippen LogP contribution in [-0.2, 0) is 14.3 Å². The van der Waals surface area contributed by atoms with Gasteiger partial charge in [-0.2, -0.15) is 8.78 Å². The Morgan fingerprint density at radius 3 is 2.29 bits per heavy atom. The van der Waals surface area contributed by atoms with Gasteiger partial charge in [0, 0.05) is 29.6 Å². The van der Waals surface area contributed by atoms with E-state index in [1.165, 1.54) is 25.1 Å². The summed E-state index contributed by atoms with van der Waals surface area (Å²) in [6.07, 6.45) is 1.46. The number of benzene rings is 2. The first kappa shape index (κ1) is 25.4. The fourth-order valence-corrected chi connectivity index (χ4v) is 3.56. The molecule has 1 N–H and O–H groups in total. The number of carbonyl (C=O) groups excluding carboxylic acids is 3. The molecule has 0 aliphatic rings. The van der Waals surface area contributed by atoms with E-state index in [0.717, 1.165) is 5.69 Å². The van der Waals surface area contributed by atoms with Gasteiger partial charge >= 0.3 is 12.6 Å². The molecule has 1 amide bonds. The van der Waals surface area contributed by atoms with Gasteiger partial charge in [0.2, 0.25) is 11.7 Å². The third kappa shape index (κ3) is 6.63. The molecule has 0 bridgehead atoms. The van der Waals surface area contributed by atoms with Gasteiger partial charge in [-0.05, 0) is 55.8 Å². The van der Waals surface area contributed by atoms with Gasteiger partial charge in [0.05, 0.1) is 0 Å². The molecule has 0 unspecified atom stereocenters. The van der Waals surface area contributed by atoms with E-state index in [0.29, 0.717) is 22.5 Å². The number of halogens is 2. The Morgan fingerprint density at radius 1 is 1.03 bits per heavy atom. The number of amides is 1. The molecule has 7 nitrogen and oxygen atoms in total. The van der Waals surface area contributed by atoms with Crippen LogP contribution in [0.1, 0.15) is 34.2 Å². The minimum atomic E-state index is -2.92. The van der Waals surface area contributed by atoms with Crippen molar-refractivity contribution < 1.29 is 32.6 Å². The number of nitrogens with zero attached hydrogens (tertiary/aromatic N) is 1. The molecular weight excluding hydrogens is 458 g/mol. The molecule has 182 valence electrons. The zero-order valence-corrected chi connectivity index (χ0v) is 19.4. The van der Waals surface area contributed by atoms with E-state index in [1.807, 2.05) is 6.07 Å². The van der Waals surface area contributed by atoms with E-state index in [2.05, 4.69) is 10.1 Å². The average molecular weight is 482 g/mol. The number of nitrogens with one attached hydrogen (secondary N) is 1. The molecule has 0 spiro atoms. The largest absolute Gasteiger partial charge is 0.453 e. The summed E-state index contributed by atoms with van der Waals surface area (Å²) < 4.78 is 36.1. The van der Waals surface area contributed by atoms with Gasteiger partial charge in [-0.25, -0.2) is 4.79 Å².